The fraction of sp³-hybridized carbons (Fsp3) is 0.444. The lowest BCUT2D eigenvalue weighted by atomic mass is 9.79. The summed E-state index contributed by atoms with van der Waals surface area (Å²) in [5, 5.41) is 13.5. The molecule has 186 valence electrons. The fourth-order valence-corrected chi connectivity index (χ4v) is 3.32. The summed E-state index contributed by atoms with van der Waals surface area (Å²) in [7, 11) is 1.59. The number of para-hydroxylation sites is 1. The minimum Gasteiger partial charge on any atom is -0.494 e. The van der Waals surface area contributed by atoms with Crippen LogP contribution >= 0.6 is 0 Å². The first kappa shape index (κ1) is 28.8. The molecule has 2 aliphatic rings. The van der Waals surface area contributed by atoms with Crippen LogP contribution in [-0.2, 0) is 5.60 Å². The third kappa shape index (κ3) is 7.99. The van der Waals surface area contributed by atoms with E-state index in [9.17, 15) is 5.11 Å². The molecule has 1 fully saturated rings. The van der Waals surface area contributed by atoms with Gasteiger partial charge in [-0.1, -0.05) is 64.4 Å². The number of ether oxygens (including phenoxy) is 1. The first-order valence-electron chi connectivity index (χ1n) is 12.0. The molecule has 0 unspecified atom stereocenters. The number of benzene rings is 2. The van der Waals surface area contributed by atoms with E-state index in [1.165, 1.54) is 31.2 Å². The molecule has 0 amide bonds. The lowest BCUT2D eigenvalue weighted by Gasteiger charge is -2.26. The van der Waals surface area contributed by atoms with Gasteiger partial charge < -0.3 is 9.84 Å². The summed E-state index contributed by atoms with van der Waals surface area (Å²) in [5.74, 6) is 2.06. The van der Waals surface area contributed by atoms with Crippen molar-refractivity contribution in [2.24, 2.45) is 15.1 Å². The Morgan fingerprint density at radius 1 is 1.06 bits per heavy atom. The molecule has 1 aliphatic carbocycles. The molecule has 2 aromatic carbocycles. The highest BCUT2D eigenvalue weighted by atomic mass is 16.5. The minimum atomic E-state index is -0.710. The van der Waals surface area contributed by atoms with E-state index in [4.69, 9.17) is 4.74 Å². The number of methoxy groups -OCH3 is 1. The molecular formula is C27H41N5O2. The second-order valence-electron chi connectivity index (χ2n) is 7.78. The number of hydrazone groups is 1. The van der Waals surface area contributed by atoms with Gasteiger partial charge in [0.1, 0.15) is 17.8 Å². The van der Waals surface area contributed by atoms with E-state index in [-0.39, 0.29) is 0 Å². The monoisotopic (exact) mass is 467 g/mol. The Labute approximate surface area is 205 Å². The lowest BCUT2D eigenvalue weighted by molar-refractivity contribution is 0.0785. The van der Waals surface area contributed by atoms with Crippen LogP contribution in [0.2, 0.25) is 0 Å². The van der Waals surface area contributed by atoms with Gasteiger partial charge in [0.25, 0.3) is 0 Å². The van der Waals surface area contributed by atoms with Crippen LogP contribution in [0.4, 0.5) is 5.69 Å². The van der Waals surface area contributed by atoms with Crippen molar-refractivity contribution in [2.45, 2.75) is 72.3 Å². The number of nitrogens with one attached hydrogen (secondary N) is 2. The Kier molecular flexibility index (Phi) is 12.6. The Hall–Kier alpha value is -3.19. The van der Waals surface area contributed by atoms with E-state index in [0.717, 1.165) is 17.0 Å². The van der Waals surface area contributed by atoms with Crippen molar-refractivity contribution >= 4 is 24.6 Å². The summed E-state index contributed by atoms with van der Waals surface area (Å²) in [6, 6.07) is 14.0. The molecule has 34 heavy (non-hydrogen) atoms. The highest BCUT2D eigenvalue weighted by Gasteiger charge is 2.21. The molecule has 1 aliphatic heterocycles. The van der Waals surface area contributed by atoms with Crippen LogP contribution in [0, 0.1) is 0 Å². The summed E-state index contributed by atoms with van der Waals surface area (Å²) in [4.78, 5) is 8.04. The van der Waals surface area contributed by atoms with Gasteiger partial charge in [0.15, 0.2) is 5.84 Å². The van der Waals surface area contributed by atoms with E-state index >= 15 is 0 Å². The molecule has 1 saturated carbocycles. The molecule has 0 atom stereocenters. The van der Waals surface area contributed by atoms with E-state index < -0.39 is 5.60 Å². The smallest absolute Gasteiger partial charge is 0.157 e. The minimum absolute atomic E-state index is 0.622. The average Bonchev–Trinajstić information content (AvgIpc) is 2.85. The molecule has 7 heteroatoms. The lowest BCUT2D eigenvalue weighted by Crippen LogP contribution is -2.37. The summed E-state index contributed by atoms with van der Waals surface area (Å²) in [6.45, 7) is 15.2. The Balaban J connectivity index is 0.000000299. The normalized spacial score (nSPS) is 14.1. The van der Waals surface area contributed by atoms with Crippen LogP contribution < -0.4 is 15.7 Å². The zero-order valence-corrected chi connectivity index (χ0v) is 21.7. The maximum absolute atomic E-state index is 9.79. The molecule has 0 spiro atoms. The molecule has 3 N–H and O–H groups in total. The Morgan fingerprint density at radius 3 is 2.15 bits per heavy atom. The van der Waals surface area contributed by atoms with Crippen molar-refractivity contribution in [3.8, 4) is 5.75 Å². The molecule has 1 heterocycles. The third-order valence-electron chi connectivity index (χ3n) is 5.31. The average molecular weight is 468 g/mol. The number of hydrazine groups is 1. The molecule has 0 aromatic heterocycles. The SMILES string of the molecule is C=Nc1c(OC)cccc1C1=NC=NNN1.CC.CC.CC(C)(O)c1ccc(C2CCC2)cc1. The van der Waals surface area contributed by atoms with Crippen molar-refractivity contribution < 1.29 is 9.84 Å². The third-order valence-corrected chi connectivity index (χ3v) is 5.31. The van der Waals surface area contributed by atoms with Crippen molar-refractivity contribution in [3.63, 3.8) is 0 Å². The number of amidine groups is 1. The van der Waals surface area contributed by atoms with Crippen molar-refractivity contribution in [1.29, 1.82) is 0 Å². The van der Waals surface area contributed by atoms with Crippen LogP contribution in [0.25, 0.3) is 0 Å². The molecule has 2 aromatic rings. The topological polar surface area (TPSA) is 90.6 Å². The second-order valence-corrected chi connectivity index (χ2v) is 7.78. The number of rotatable bonds is 5. The predicted molar refractivity (Wildman–Crippen MR) is 144 cm³/mol. The molecule has 7 nitrogen and oxygen atoms in total. The van der Waals surface area contributed by atoms with Gasteiger partial charge in [0.2, 0.25) is 0 Å². The number of aliphatic imine (C=N–C) groups is 2. The van der Waals surface area contributed by atoms with E-state index in [0.29, 0.717) is 17.3 Å². The van der Waals surface area contributed by atoms with Crippen molar-refractivity contribution in [1.82, 2.24) is 11.0 Å². The molecular weight excluding hydrogens is 426 g/mol. The van der Waals surface area contributed by atoms with Crippen molar-refractivity contribution in [3.05, 3.63) is 59.2 Å². The Bertz CT molecular complexity index is 927. The van der Waals surface area contributed by atoms with Gasteiger partial charge in [-0.05, 0) is 62.6 Å². The number of hydrogen-bond acceptors (Lipinski definition) is 7. The van der Waals surface area contributed by atoms with Crippen LogP contribution in [0.5, 0.6) is 5.75 Å². The van der Waals surface area contributed by atoms with E-state index in [1.807, 2.05) is 71.9 Å². The number of nitrogens with zero attached hydrogens (tertiary/aromatic N) is 3. The van der Waals surface area contributed by atoms with Crippen LogP contribution in [0.1, 0.15) is 83.4 Å². The summed E-state index contributed by atoms with van der Waals surface area (Å²) >= 11 is 0. The fourth-order valence-electron chi connectivity index (χ4n) is 3.32. The number of hydrogen-bond donors (Lipinski definition) is 3. The summed E-state index contributed by atoms with van der Waals surface area (Å²) in [5.41, 5.74) is 8.60. The van der Waals surface area contributed by atoms with Gasteiger partial charge in [-0.15, -0.1) is 5.10 Å². The summed E-state index contributed by atoms with van der Waals surface area (Å²) < 4.78 is 5.20. The van der Waals surface area contributed by atoms with E-state index in [2.05, 4.69) is 44.9 Å². The standard InChI is InChI=1S/C13H18O.C10H11N5O.2C2H6/c1-13(2,14)12-8-6-11(7-9-12)10-4-3-5-10;1-11-9-7(4-3-5-8(9)16-2)10-12-6-13-15-14-10;2*1-2/h6-10,14H,3-5H2,1-2H3;3-6,15H,1H2,2H3,(H,12,13,14);2*1-2H3. The Morgan fingerprint density at radius 2 is 1.71 bits per heavy atom. The summed E-state index contributed by atoms with van der Waals surface area (Å²) in [6.07, 6.45) is 5.46. The molecule has 4 rings (SSSR count). The van der Waals surface area contributed by atoms with Gasteiger partial charge in [-0.25, -0.2) is 10.5 Å². The van der Waals surface area contributed by atoms with Crippen molar-refractivity contribution in [2.75, 3.05) is 7.11 Å². The zero-order chi connectivity index (χ0) is 25.6. The first-order valence-corrected chi connectivity index (χ1v) is 12.0. The van der Waals surface area contributed by atoms with Gasteiger partial charge >= 0.3 is 0 Å². The van der Waals surface area contributed by atoms with E-state index in [1.54, 1.807) is 7.11 Å². The largest absolute Gasteiger partial charge is 0.494 e. The highest BCUT2D eigenvalue weighted by molar-refractivity contribution is 6.07. The van der Waals surface area contributed by atoms with Gasteiger partial charge in [0, 0.05) is 5.56 Å². The highest BCUT2D eigenvalue weighted by Crippen LogP contribution is 2.36. The van der Waals surface area contributed by atoms with Gasteiger partial charge in [-0.3, -0.25) is 10.4 Å². The van der Waals surface area contributed by atoms with Gasteiger partial charge in [-0.2, -0.15) is 0 Å². The zero-order valence-electron chi connectivity index (χ0n) is 21.7. The van der Waals surface area contributed by atoms with Crippen LogP contribution in [0.15, 0.2) is 57.6 Å². The molecule has 0 radical (unpaired) electrons. The quantitative estimate of drug-likeness (QED) is 0.466. The van der Waals surface area contributed by atoms with Crippen LogP contribution in [0.3, 0.4) is 0 Å². The van der Waals surface area contributed by atoms with Gasteiger partial charge in [0.05, 0.1) is 12.7 Å². The predicted octanol–water partition coefficient (Wildman–Crippen LogP) is 6.06. The first-order chi connectivity index (χ1) is 16.4. The maximum Gasteiger partial charge on any atom is 0.157 e. The number of aliphatic hydroxyl groups is 1. The molecule has 0 bridgehead atoms. The maximum atomic E-state index is 9.79. The second kappa shape index (κ2) is 14.9. The molecule has 0 saturated heterocycles. The van der Waals surface area contributed by atoms with Crippen LogP contribution in [-0.4, -0.2) is 31.1 Å².